The summed E-state index contributed by atoms with van der Waals surface area (Å²) < 4.78 is 2.21. The van der Waals surface area contributed by atoms with Crippen LogP contribution in [-0.4, -0.2) is 16.3 Å². The van der Waals surface area contributed by atoms with Crippen LogP contribution in [0.15, 0.2) is 30.3 Å². The molecule has 1 N–H and O–H groups in total. The number of aromatic nitrogens is 2. The molecule has 1 aromatic carbocycles. The first-order chi connectivity index (χ1) is 9.48. The van der Waals surface area contributed by atoms with E-state index >= 15 is 0 Å². The van der Waals surface area contributed by atoms with Gasteiger partial charge in [0.25, 0.3) is 0 Å². The fourth-order valence-corrected chi connectivity index (χ4v) is 3.08. The Labute approximate surface area is 121 Å². The van der Waals surface area contributed by atoms with Gasteiger partial charge in [-0.1, -0.05) is 51.1 Å². The maximum Gasteiger partial charge on any atom is 0.128 e. The molecule has 2 heterocycles. The van der Waals surface area contributed by atoms with Gasteiger partial charge in [0.2, 0.25) is 0 Å². The van der Waals surface area contributed by atoms with Crippen molar-refractivity contribution in [2.45, 2.75) is 40.2 Å². The van der Waals surface area contributed by atoms with E-state index in [2.05, 4.69) is 62.0 Å². The number of hydrogen-bond donors (Lipinski definition) is 1. The van der Waals surface area contributed by atoms with Gasteiger partial charge in [0.15, 0.2) is 0 Å². The summed E-state index contributed by atoms with van der Waals surface area (Å²) in [7, 11) is 0. The van der Waals surface area contributed by atoms with Crippen molar-refractivity contribution >= 4 is 5.82 Å². The Kier molecular flexibility index (Phi) is 3.08. The Morgan fingerprint density at radius 1 is 1.20 bits per heavy atom. The van der Waals surface area contributed by atoms with Gasteiger partial charge in [-0.2, -0.15) is 5.10 Å². The van der Waals surface area contributed by atoms with E-state index in [-0.39, 0.29) is 5.41 Å². The van der Waals surface area contributed by atoms with Crippen molar-refractivity contribution in [1.82, 2.24) is 9.78 Å². The zero-order valence-corrected chi connectivity index (χ0v) is 12.8. The van der Waals surface area contributed by atoms with Crippen LogP contribution in [0.2, 0.25) is 0 Å². The second-order valence-electron chi connectivity index (χ2n) is 6.73. The van der Waals surface area contributed by atoms with E-state index in [1.165, 1.54) is 16.9 Å². The third-order valence-corrected chi connectivity index (χ3v) is 4.20. The molecule has 0 bridgehead atoms. The first-order valence-electron chi connectivity index (χ1n) is 7.37. The molecule has 20 heavy (non-hydrogen) atoms. The van der Waals surface area contributed by atoms with Gasteiger partial charge in [-0.25, -0.2) is 4.68 Å². The maximum atomic E-state index is 4.92. The van der Waals surface area contributed by atoms with Crippen molar-refractivity contribution in [2.75, 3.05) is 11.9 Å². The van der Waals surface area contributed by atoms with E-state index in [0.717, 1.165) is 18.7 Å². The molecule has 3 rings (SSSR count). The number of nitrogens with zero attached hydrogens (tertiary/aromatic N) is 2. The maximum absolute atomic E-state index is 4.92. The number of fused-ring (bicyclic) bond motifs is 1. The average molecular weight is 269 g/mol. The lowest BCUT2D eigenvalue weighted by atomic mass is 9.84. The standard InChI is InChI=1S/C17H23N3/c1-12-15(13-8-6-5-7-9-13)19-20-14(17(2,3)4)10-11-18-16(12)20/h5-9,14,18H,10-11H2,1-4H3. The topological polar surface area (TPSA) is 29.9 Å². The molecule has 3 heteroatoms. The number of nitrogens with one attached hydrogen (secondary N) is 1. The predicted molar refractivity (Wildman–Crippen MR) is 84.0 cm³/mol. The Bertz CT molecular complexity index is 605. The summed E-state index contributed by atoms with van der Waals surface area (Å²) in [5, 5.41) is 8.45. The normalized spacial score (nSPS) is 18.5. The van der Waals surface area contributed by atoms with Crippen LogP contribution in [0.25, 0.3) is 11.3 Å². The lowest BCUT2D eigenvalue weighted by Crippen LogP contribution is -2.32. The van der Waals surface area contributed by atoms with Crippen molar-refractivity contribution in [2.24, 2.45) is 5.41 Å². The highest BCUT2D eigenvalue weighted by Crippen LogP contribution is 2.40. The molecule has 3 nitrogen and oxygen atoms in total. The fourth-order valence-electron chi connectivity index (χ4n) is 3.08. The van der Waals surface area contributed by atoms with Crippen LogP contribution in [-0.2, 0) is 0 Å². The molecule has 1 unspecified atom stereocenters. The van der Waals surface area contributed by atoms with E-state index in [1.807, 2.05) is 6.07 Å². The summed E-state index contributed by atoms with van der Waals surface area (Å²) >= 11 is 0. The molecular formula is C17H23N3. The molecule has 0 saturated heterocycles. The molecule has 1 atom stereocenters. The van der Waals surface area contributed by atoms with Gasteiger partial charge in [-0.15, -0.1) is 0 Å². The Balaban J connectivity index is 2.12. The van der Waals surface area contributed by atoms with E-state index in [9.17, 15) is 0 Å². The quantitative estimate of drug-likeness (QED) is 0.838. The molecule has 0 saturated carbocycles. The van der Waals surface area contributed by atoms with Gasteiger partial charge in [-0.05, 0) is 18.8 Å². The second-order valence-corrected chi connectivity index (χ2v) is 6.73. The van der Waals surface area contributed by atoms with Crippen molar-refractivity contribution in [3.8, 4) is 11.3 Å². The van der Waals surface area contributed by atoms with Crippen LogP contribution in [0, 0.1) is 12.3 Å². The third kappa shape index (κ3) is 2.11. The molecule has 0 radical (unpaired) electrons. The number of anilines is 1. The SMILES string of the molecule is Cc1c(-c2ccccc2)nn2c1NCCC2C(C)(C)C. The highest BCUT2D eigenvalue weighted by molar-refractivity contribution is 5.69. The summed E-state index contributed by atoms with van der Waals surface area (Å²) in [5.41, 5.74) is 3.78. The molecule has 2 aromatic rings. The molecule has 0 fully saturated rings. The molecule has 0 amide bonds. The minimum absolute atomic E-state index is 0.225. The van der Waals surface area contributed by atoms with Crippen molar-refractivity contribution in [3.05, 3.63) is 35.9 Å². The summed E-state index contributed by atoms with van der Waals surface area (Å²) in [6.45, 7) is 10.1. The lowest BCUT2D eigenvalue weighted by Gasteiger charge is -2.35. The number of hydrogen-bond acceptors (Lipinski definition) is 2. The van der Waals surface area contributed by atoms with Gasteiger partial charge in [-0.3, -0.25) is 0 Å². The minimum Gasteiger partial charge on any atom is -0.370 e. The Morgan fingerprint density at radius 3 is 2.55 bits per heavy atom. The second kappa shape index (κ2) is 4.65. The van der Waals surface area contributed by atoms with Crippen LogP contribution in [0.1, 0.15) is 38.8 Å². The molecule has 1 aliphatic heterocycles. The smallest absolute Gasteiger partial charge is 0.128 e. The number of rotatable bonds is 1. The zero-order chi connectivity index (χ0) is 14.3. The summed E-state index contributed by atoms with van der Waals surface area (Å²) in [5.74, 6) is 1.19. The van der Waals surface area contributed by atoms with Crippen LogP contribution in [0.3, 0.4) is 0 Å². The van der Waals surface area contributed by atoms with Crippen LogP contribution in [0.4, 0.5) is 5.82 Å². The largest absolute Gasteiger partial charge is 0.370 e. The van der Waals surface area contributed by atoms with Crippen LogP contribution >= 0.6 is 0 Å². The molecular weight excluding hydrogens is 246 g/mol. The first-order valence-corrected chi connectivity index (χ1v) is 7.37. The van der Waals surface area contributed by atoms with Gasteiger partial charge in [0, 0.05) is 17.7 Å². The zero-order valence-electron chi connectivity index (χ0n) is 12.8. The Morgan fingerprint density at radius 2 is 1.90 bits per heavy atom. The Hall–Kier alpha value is -1.77. The fraction of sp³-hybridized carbons (Fsp3) is 0.471. The average Bonchev–Trinajstić information content (AvgIpc) is 2.76. The summed E-state index contributed by atoms with van der Waals surface area (Å²) in [4.78, 5) is 0. The first kappa shape index (κ1) is 13.2. The van der Waals surface area contributed by atoms with E-state index < -0.39 is 0 Å². The monoisotopic (exact) mass is 269 g/mol. The van der Waals surface area contributed by atoms with E-state index in [4.69, 9.17) is 5.10 Å². The van der Waals surface area contributed by atoms with Gasteiger partial charge in [0.05, 0.1) is 11.7 Å². The highest BCUT2D eigenvalue weighted by Gasteiger charge is 2.33. The molecule has 0 aliphatic carbocycles. The minimum atomic E-state index is 0.225. The highest BCUT2D eigenvalue weighted by atomic mass is 15.4. The van der Waals surface area contributed by atoms with Crippen LogP contribution in [0.5, 0.6) is 0 Å². The van der Waals surface area contributed by atoms with E-state index in [0.29, 0.717) is 6.04 Å². The third-order valence-electron chi connectivity index (χ3n) is 4.20. The molecule has 106 valence electrons. The van der Waals surface area contributed by atoms with Crippen molar-refractivity contribution in [1.29, 1.82) is 0 Å². The van der Waals surface area contributed by atoms with Crippen molar-refractivity contribution in [3.63, 3.8) is 0 Å². The molecule has 0 spiro atoms. The number of benzene rings is 1. The summed E-state index contributed by atoms with van der Waals surface area (Å²) in [6.07, 6.45) is 1.13. The van der Waals surface area contributed by atoms with Gasteiger partial charge >= 0.3 is 0 Å². The van der Waals surface area contributed by atoms with Gasteiger partial charge < -0.3 is 5.32 Å². The molecule has 1 aromatic heterocycles. The summed E-state index contributed by atoms with van der Waals surface area (Å²) in [6, 6.07) is 10.9. The lowest BCUT2D eigenvalue weighted by molar-refractivity contribution is 0.210. The molecule has 1 aliphatic rings. The van der Waals surface area contributed by atoms with Gasteiger partial charge in [0.1, 0.15) is 5.82 Å². The van der Waals surface area contributed by atoms with Crippen LogP contribution < -0.4 is 5.32 Å². The predicted octanol–water partition coefficient (Wildman–Crippen LogP) is 4.26. The van der Waals surface area contributed by atoms with Crippen molar-refractivity contribution < 1.29 is 0 Å². The van der Waals surface area contributed by atoms with E-state index in [1.54, 1.807) is 0 Å².